The number of carbonyl (C=O) groups is 1. The molecule has 0 aliphatic rings. The van der Waals surface area contributed by atoms with E-state index in [1.165, 1.54) is 64.2 Å². The van der Waals surface area contributed by atoms with Crippen molar-refractivity contribution in [2.45, 2.75) is 97.3 Å². The lowest BCUT2D eigenvalue weighted by Gasteiger charge is -2.01. The lowest BCUT2D eigenvalue weighted by Crippen LogP contribution is -2.03. The third kappa shape index (κ3) is 17.2. The summed E-state index contributed by atoms with van der Waals surface area (Å²) in [6.45, 7) is 4.62. The highest BCUT2D eigenvalue weighted by Crippen LogP contribution is 2.09. The summed E-state index contributed by atoms with van der Waals surface area (Å²) in [4.78, 5) is 11.1. The predicted molar refractivity (Wildman–Crippen MR) is 91.5 cm³/mol. The van der Waals surface area contributed by atoms with Crippen LogP contribution in [0, 0.1) is 0 Å². The van der Waals surface area contributed by atoms with E-state index in [0.717, 1.165) is 12.8 Å². The fourth-order valence-electron chi connectivity index (χ4n) is 2.40. The van der Waals surface area contributed by atoms with Crippen LogP contribution < -0.4 is 0 Å². The summed E-state index contributed by atoms with van der Waals surface area (Å²) < 4.78 is 4.91. The van der Waals surface area contributed by atoms with Crippen LogP contribution in [0.1, 0.15) is 97.3 Å². The Bertz CT molecular complexity index is 246. The molecule has 124 valence electrons. The van der Waals surface area contributed by atoms with Gasteiger partial charge in [0, 0.05) is 6.42 Å². The first-order valence-corrected chi connectivity index (χ1v) is 9.11. The highest BCUT2D eigenvalue weighted by atomic mass is 16.5. The van der Waals surface area contributed by atoms with Crippen molar-refractivity contribution in [3.05, 3.63) is 12.2 Å². The molecule has 0 spiro atoms. The minimum absolute atomic E-state index is 0.0422. The van der Waals surface area contributed by atoms with Crippen LogP contribution in [0.5, 0.6) is 0 Å². The van der Waals surface area contributed by atoms with E-state index in [2.05, 4.69) is 19.1 Å². The second kappa shape index (κ2) is 17.3. The molecule has 0 atom stereocenters. The molecule has 0 bridgehead atoms. The summed E-state index contributed by atoms with van der Waals surface area (Å²) in [5.74, 6) is -0.0422. The van der Waals surface area contributed by atoms with Gasteiger partial charge in [-0.05, 0) is 39.0 Å². The SMILES string of the molecule is CCCCCCCC=CCCCCCCCC(=O)OCC. The Kier molecular flexibility index (Phi) is 16.6. The van der Waals surface area contributed by atoms with Crippen LogP contribution in [0.15, 0.2) is 12.2 Å². The van der Waals surface area contributed by atoms with E-state index < -0.39 is 0 Å². The molecule has 2 nitrogen and oxygen atoms in total. The molecule has 2 heteroatoms. The highest BCUT2D eigenvalue weighted by molar-refractivity contribution is 5.69. The molecule has 0 heterocycles. The van der Waals surface area contributed by atoms with E-state index in [0.29, 0.717) is 13.0 Å². The number of hydrogen-bond donors (Lipinski definition) is 0. The second-order valence-corrected chi connectivity index (χ2v) is 5.79. The summed E-state index contributed by atoms with van der Waals surface area (Å²) in [5.41, 5.74) is 0. The maximum absolute atomic E-state index is 11.1. The summed E-state index contributed by atoms with van der Waals surface area (Å²) in [6.07, 6.45) is 20.5. The van der Waals surface area contributed by atoms with Gasteiger partial charge in [-0.15, -0.1) is 0 Å². The van der Waals surface area contributed by atoms with Crippen molar-refractivity contribution in [3.63, 3.8) is 0 Å². The molecule has 0 rings (SSSR count). The summed E-state index contributed by atoms with van der Waals surface area (Å²) in [6, 6.07) is 0. The Balaban J connectivity index is 3.12. The molecular weight excluding hydrogens is 260 g/mol. The number of hydrogen-bond acceptors (Lipinski definition) is 2. The van der Waals surface area contributed by atoms with Crippen molar-refractivity contribution >= 4 is 5.97 Å². The predicted octanol–water partition coefficient (Wildman–Crippen LogP) is 6.20. The highest BCUT2D eigenvalue weighted by Gasteiger charge is 2.00. The van der Waals surface area contributed by atoms with Gasteiger partial charge >= 0.3 is 5.97 Å². The monoisotopic (exact) mass is 296 g/mol. The summed E-state index contributed by atoms with van der Waals surface area (Å²) >= 11 is 0. The standard InChI is InChI=1S/C19H36O2/c1-3-5-6-7-8-9-10-11-12-13-14-15-16-17-18-19(20)21-4-2/h10-11H,3-9,12-18H2,1-2H3. The van der Waals surface area contributed by atoms with Crippen LogP contribution in [-0.4, -0.2) is 12.6 Å². The van der Waals surface area contributed by atoms with Gasteiger partial charge in [-0.25, -0.2) is 0 Å². The molecule has 0 aliphatic heterocycles. The molecule has 0 saturated heterocycles. The van der Waals surface area contributed by atoms with Gasteiger partial charge in [0.05, 0.1) is 6.61 Å². The average Bonchev–Trinajstić information content (AvgIpc) is 2.48. The largest absolute Gasteiger partial charge is 0.466 e. The van der Waals surface area contributed by atoms with Crippen molar-refractivity contribution in [1.29, 1.82) is 0 Å². The van der Waals surface area contributed by atoms with Crippen LogP contribution in [0.3, 0.4) is 0 Å². The maximum Gasteiger partial charge on any atom is 0.305 e. The number of carbonyl (C=O) groups excluding carboxylic acids is 1. The Morgan fingerprint density at radius 1 is 0.762 bits per heavy atom. The molecule has 0 aliphatic carbocycles. The Morgan fingerprint density at radius 2 is 1.29 bits per heavy atom. The van der Waals surface area contributed by atoms with Gasteiger partial charge in [-0.2, -0.15) is 0 Å². The molecule has 0 aromatic rings. The van der Waals surface area contributed by atoms with Crippen LogP contribution in [0.25, 0.3) is 0 Å². The molecule has 21 heavy (non-hydrogen) atoms. The minimum Gasteiger partial charge on any atom is -0.466 e. The van der Waals surface area contributed by atoms with Gasteiger partial charge in [0.25, 0.3) is 0 Å². The second-order valence-electron chi connectivity index (χ2n) is 5.79. The molecule has 0 aromatic carbocycles. The minimum atomic E-state index is -0.0422. The van der Waals surface area contributed by atoms with Gasteiger partial charge in [0.1, 0.15) is 0 Å². The zero-order chi connectivity index (χ0) is 15.6. The first-order chi connectivity index (χ1) is 10.3. The van der Waals surface area contributed by atoms with Gasteiger partial charge < -0.3 is 4.74 Å². The lowest BCUT2D eigenvalue weighted by molar-refractivity contribution is -0.143. The van der Waals surface area contributed by atoms with Crippen molar-refractivity contribution in [2.24, 2.45) is 0 Å². The van der Waals surface area contributed by atoms with E-state index in [1.807, 2.05) is 6.92 Å². The van der Waals surface area contributed by atoms with Crippen molar-refractivity contribution in [1.82, 2.24) is 0 Å². The molecular formula is C19H36O2. The Labute approximate surface area is 132 Å². The third-order valence-electron chi connectivity index (χ3n) is 3.70. The number of allylic oxidation sites excluding steroid dienone is 2. The number of rotatable bonds is 15. The van der Waals surface area contributed by atoms with E-state index >= 15 is 0 Å². The first kappa shape index (κ1) is 20.2. The van der Waals surface area contributed by atoms with Gasteiger partial charge in [-0.3, -0.25) is 4.79 Å². The third-order valence-corrected chi connectivity index (χ3v) is 3.70. The van der Waals surface area contributed by atoms with Crippen molar-refractivity contribution in [2.75, 3.05) is 6.61 Å². The Morgan fingerprint density at radius 3 is 1.86 bits per heavy atom. The summed E-state index contributed by atoms with van der Waals surface area (Å²) in [5, 5.41) is 0. The molecule has 0 amide bonds. The average molecular weight is 296 g/mol. The van der Waals surface area contributed by atoms with E-state index in [-0.39, 0.29) is 5.97 Å². The van der Waals surface area contributed by atoms with E-state index in [4.69, 9.17) is 4.74 Å². The zero-order valence-electron chi connectivity index (χ0n) is 14.4. The lowest BCUT2D eigenvalue weighted by atomic mass is 10.1. The fourth-order valence-corrected chi connectivity index (χ4v) is 2.40. The fraction of sp³-hybridized carbons (Fsp3) is 0.842. The van der Waals surface area contributed by atoms with Crippen molar-refractivity contribution < 1.29 is 9.53 Å². The summed E-state index contributed by atoms with van der Waals surface area (Å²) in [7, 11) is 0. The van der Waals surface area contributed by atoms with Crippen LogP contribution in [0.2, 0.25) is 0 Å². The van der Waals surface area contributed by atoms with Crippen LogP contribution in [0.4, 0.5) is 0 Å². The van der Waals surface area contributed by atoms with Gasteiger partial charge in [-0.1, -0.05) is 64.0 Å². The van der Waals surface area contributed by atoms with Gasteiger partial charge in [0.2, 0.25) is 0 Å². The van der Waals surface area contributed by atoms with Crippen LogP contribution in [-0.2, 0) is 9.53 Å². The number of unbranched alkanes of at least 4 members (excludes halogenated alkanes) is 10. The number of esters is 1. The van der Waals surface area contributed by atoms with Crippen molar-refractivity contribution in [3.8, 4) is 0 Å². The molecule has 0 unspecified atom stereocenters. The normalized spacial score (nSPS) is 11.1. The topological polar surface area (TPSA) is 26.3 Å². The number of ether oxygens (including phenoxy) is 1. The molecule has 0 radical (unpaired) electrons. The van der Waals surface area contributed by atoms with E-state index in [9.17, 15) is 4.79 Å². The smallest absolute Gasteiger partial charge is 0.305 e. The molecule has 0 saturated carbocycles. The maximum atomic E-state index is 11.1. The molecule has 0 fully saturated rings. The molecule has 0 aromatic heterocycles. The molecule has 0 N–H and O–H groups in total. The Hall–Kier alpha value is -0.790. The van der Waals surface area contributed by atoms with Crippen LogP contribution >= 0.6 is 0 Å². The van der Waals surface area contributed by atoms with E-state index in [1.54, 1.807) is 0 Å². The quantitative estimate of drug-likeness (QED) is 0.204. The zero-order valence-corrected chi connectivity index (χ0v) is 14.4. The van der Waals surface area contributed by atoms with Gasteiger partial charge in [0.15, 0.2) is 0 Å². The first-order valence-electron chi connectivity index (χ1n) is 9.11.